The number of thioether (sulfide) groups is 1. The van der Waals surface area contributed by atoms with Crippen LogP contribution < -0.4 is 20.1 Å². The average Bonchev–Trinajstić information content (AvgIpc) is 3.19. The number of rotatable bonds is 9. The van der Waals surface area contributed by atoms with Crippen molar-refractivity contribution in [2.45, 2.75) is 19.0 Å². The molecule has 3 aromatic rings. The fourth-order valence-corrected chi connectivity index (χ4v) is 4.29. The topological polar surface area (TPSA) is 103 Å². The zero-order valence-corrected chi connectivity index (χ0v) is 19.5. The third-order valence-corrected chi connectivity index (χ3v) is 6.03. The molecule has 0 aromatic heterocycles. The Hall–Kier alpha value is -4.05. The Labute approximate surface area is 205 Å². The van der Waals surface area contributed by atoms with Gasteiger partial charge >= 0.3 is 0 Å². The summed E-state index contributed by atoms with van der Waals surface area (Å²) in [6.07, 6.45) is 1.73. The molecular weight excluding hydrogens is 473 g/mol. The summed E-state index contributed by atoms with van der Waals surface area (Å²) in [4.78, 5) is 23.3. The van der Waals surface area contributed by atoms with Crippen LogP contribution in [0.5, 0.6) is 11.5 Å². The second kappa shape index (κ2) is 10.9. The number of benzene rings is 3. The van der Waals surface area contributed by atoms with Crippen LogP contribution in [-0.4, -0.2) is 22.9 Å². The summed E-state index contributed by atoms with van der Waals surface area (Å²) in [5.41, 5.74) is 1.33. The lowest BCUT2D eigenvalue weighted by Crippen LogP contribution is -2.31. The van der Waals surface area contributed by atoms with E-state index >= 15 is 0 Å². The predicted octanol–water partition coefficient (Wildman–Crippen LogP) is 5.31. The second-order valence-electron chi connectivity index (χ2n) is 7.46. The maximum atomic E-state index is 13.9. The average molecular weight is 496 g/mol. The summed E-state index contributed by atoms with van der Waals surface area (Å²) < 4.78 is 25.5. The van der Waals surface area contributed by atoms with Gasteiger partial charge in [-0.05, 0) is 60.5 Å². The summed E-state index contributed by atoms with van der Waals surface area (Å²) in [6.45, 7) is 2.47. The van der Waals surface area contributed by atoms with E-state index < -0.39 is 16.2 Å². The van der Waals surface area contributed by atoms with Gasteiger partial charge in [0.25, 0.3) is 11.6 Å². The molecule has 1 fully saturated rings. The monoisotopic (exact) mass is 495 g/mol. The van der Waals surface area contributed by atoms with Crippen LogP contribution in [0.4, 0.5) is 15.8 Å². The highest BCUT2D eigenvalue weighted by Gasteiger charge is 2.27. The zero-order valence-electron chi connectivity index (χ0n) is 18.7. The molecule has 4 rings (SSSR count). The van der Waals surface area contributed by atoms with Crippen molar-refractivity contribution in [3.8, 4) is 11.5 Å². The van der Waals surface area contributed by atoms with Crippen molar-refractivity contribution in [3.63, 3.8) is 0 Å². The summed E-state index contributed by atoms with van der Waals surface area (Å²) in [6, 6.07) is 17.7. The smallest absolute Gasteiger partial charge is 0.269 e. The van der Waals surface area contributed by atoms with E-state index in [9.17, 15) is 19.3 Å². The highest BCUT2D eigenvalue weighted by Crippen LogP contribution is 2.34. The zero-order chi connectivity index (χ0) is 24.8. The number of carbonyl (C=O) groups excluding carboxylic acids is 1. The number of halogens is 1. The SMILES string of the molecule is CCOc1cc(/C=C2\SC(Nc3ccccc3F)NC2=O)ccc1OCc1ccc([N+](=O)[O-])cc1. The molecule has 1 saturated heterocycles. The quantitative estimate of drug-likeness (QED) is 0.236. The van der Waals surface area contributed by atoms with Gasteiger partial charge in [-0.25, -0.2) is 4.39 Å². The fourth-order valence-electron chi connectivity index (χ4n) is 3.31. The highest BCUT2D eigenvalue weighted by atomic mass is 32.2. The Kier molecular flexibility index (Phi) is 7.51. The molecule has 1 unspecified atom stereocenters. The number of anilines is 1. The first-order chi connectivity index (χ1) is 16.9. The van der Waals surface area contributed by atoms with Gasteiger partial charge in [0.2, 0.25) is 0 Å². The van der Waals surface area contributed by atoms with Crippen LogP contribution in [0.2, 0.25) is 0 Å². The fraction of sp³-hybridized carbons (Fsp3) is 0.160. The second-order valence-corrected chi connectivity index (χ2v) is 8.60. The van der Waals surface area contributed by atoms with Gasteiger partial charge < -0.3 is 20.1 Å². The van der Waals surface area contributed by atoms with Crippen molar-refractivity contribution >= 4 is 35.1 Å². The van der Waals surface area contributed by atoms with Gasteiger partial charge in [-0.3, -0.25) is 14.9 Å². The van der Waals surface area contributed by atoms with Crippen LogP contribution >= 0.6 is 11.8 Å². The number of ether oxygens (including phenoxy) is 2. The van der Waals surface area contributed by atoms with Gasteiger partial charge in [0.1, 0.15) is 12.4 Å². The minimum Gasteiger partial charge on any atom is -0.490 e. The molecule has 0 aliphatic carbocycles. The molecule has 8 nitrogen and oxygen atoms in total. The molecule has 10 heteroatoms. The van der Waals surface area contributed by atoms with Crippen molar-refractivity contribution in [1.29, 1.82) is 0 Å². The number of nitro benzene ring substituents is 1. The first-order valence-corrected chi connectivity index (χ1v) is 11.6. The molecule has 0 radical (unpaired) electrons. The molecule has 1 aliphatic rings. The van der Waals surface area contributed by atoms with E-state index in [2.05, 4.69) is 10.6 Å². The molecule has 1 aliphatic heterocycles. The van der Waals surface area contributed by atoms with E-state index in [1.54, 1.807) is 54.6 Å². The molecule has 0 spiro atoms. The number of hydrogen-bond donors (Lipinski definition) is 2. The first-order valence-electron chi connectivity index (χ1n) is 10.8. The Morgan fingerprint density at radius 1 is 1.11 bits per heavy atom. The van der Waals surface area contributed by atoms with Gasteiger partial charge in [-0.2, -0.15) is 0 Å². The Morgan fingerprint density at radius 2 is 1.89 bits per heavy atom. The van der Waals surface area contributed by atoms with Gasteiger partial charge in [-0.15, -0.1) is 0 Å². The van der Waals surface area contributed by atoms with Crippen LogP contribution in [0.25, 0.3) is 6.08 Å². The van der Waals surface area contributed by atoms with Gasteiger partial charge in [0.15, 0.2) is 17.0 Å². The molecule has 3 aromatic carbocycles. The maximum Gasteiger partial charge on any atom is 0.269 e. The summed E-state index contributed by atoms with van der Waals surface area (Å²) in [5, 5.41) is 16.6. The van der Waals surface area contributed by atoms with Crippen molar-refractivity contribution in [2.24, 2.45) is 0 Å². The summed E-state index contributed by atoms with van der Waals surface area (Å²) in [7, 11) is 0. The summed E-state index contributed by atoms with van der Waals surface area (Å²) >= 11 is 1.25. The van der Waals surface area contributed by atoms with E-state index in [1.807, 2.05) is 6.92 Å². The number of nitrogens with one attached hydrogen (secondary N) is 2. The van der Waals surface area contributed by atoms with Crippen molar-refractivity contribution < 1.29 is 23.6 Å². The van der Waals surface area contributed by atoms with Crippen LogP contribution in [0, 0.1) is 15.9 Å². The molecule has 0 bridgehead atoms. The minimum atomic E-state index is -0.499. The van der Waals surface area contributed by atoms with Crippen LogP contribution in [0.3, 0.4) is 0 Å². The highest BCUT2D eigenvalue weighted by molar-refractivity contribution is 8.05. The van der Waals surface area contributed by atoms with Crippen LogP contribution in [-0.2, 0) is 11.4 Å². The van der Waals surface area contributed by atoms with E-state index in [4.69, 9.17) is 9.47 Å². The van der Waals surface area contributed by atoms with Crippen molar-refractivity contribution in [2.75, 3.05) is 11.9 Å². The molecule has 2 N–H and O–H groups in total. The van der Waals surface area contributed by atoms with E-state index in [1.165, 1.54) is 30.0 Å². The van der Waals surface area contributed by atoms with Gasteiger partial charge in [-0.1, -0.05) is 30.0 Å². The number of non-ortho nitro benzene ring substituents is 1. The number of para-hydroxylation sites is 1. The number of nitro groups is 1. The number of hydrogen-bond acceptors (Lipinski definition) is 7. The molecule has 1 heterocycles. The molecule has 180 valence electrons. The lowest BCUT2D eigenvalue weighted by Gasteiger charge is -2.13. The molecule has 1 atom stereocenters. The van der Waals surface area contributed by atoms with E-state index in [0.29, 0.717) is 28.7 Å². The predicted molar refractivity (Wildman–Crippen MR) is 133 cm³/mol. The third-order valence-electron chi connectivity index (χ3n) is 5.00. The lowest BCUT2D eigenvalue weighted by atomic mass is 10.1. The number of carbonyl (C=O) groups is 1. The summed E-state index contributed by atoms with van der Waals surface area (Å²) in [5.74, 6) is 0.355. The lowest BCUT2D eigenvalue weighted by molar-refractivity contribution is -0.384. The van der Waals surface area contributed by atoms with E-state index in [-0.39, 0.29) is 18.2 Å². The van der Waals surface area contributed by atoms with Gasteiger partial charge in [0.05, 0.1) is 22.1 Å². The van der Waals surface area contributed by atoms with E-state index in [0.717, 1.165) is 11.1 Å². The Bertz CT molecular complexity index is 1270. The molecule has 0 saturated carbocycles. The van der Waals surface area contributed by atoms with Crippen LogP contribution in [0.1, 0.15) is 18.1 Å². The standard InChI is InChI=1S/C25H22FN3O5S/c1-2-33-22-13-17(9-12-21(22)34-15-16-7-10-18(11-8-16)29(31)32)14-23-24(30)28-25(35-23)27-20-6-4-3-5-19(20)26/h3-14,25,27H,2,15H2,1H3,(H,28,30)/b23-14-. The van der Waals surface area contributed by atoms with Crippen LogP contribution in [0.15, 0.2) is 71.6 Å². The Morgan fingerprint density at radius 3 is 2.60 bits per heavy atom. The minimum absolute atomic E-state index is 0.0151. The first kappa shape index (κ1) is 24.1. The molecule has 1 amide bonds. The van der Waals surface area contributed by atoms with Gasteiger partial charge in [0, 0.05) is 12.1 Å². The molecule has 35 heavy (non-hydrogen) atoms. The maximum absolute atomic E-state index is 13.9. The number of amides is 1. The normalized spacial score (nSPS) is 16.1. The largest absolute Gasteiger partial charge is 0.490 e. The molecular formula is C25H22FN3O5S. The number of nitrogens with zero attached hydrogens (tertiary/aromatic N) is 1. The van der Waals surface area contributed by atoms with Crippen molar-refractivity contribution in [3.05, 3.63) is 98.7 Å². The third kappa shape index (κ3) is 6.10. The Balaban J connectivity index is 1.45. The van der Waals surface area contributed by atoms with Crippen molar-refractivity contribution in [1.82, 2.24) is 5.32 Å².